The minimum atomic E-state index is -0.961. The summed E-state index contributed by atoms with van der Waals surface area (Å²) in [6.07, 6.45) is 4.24. The summed E-state index contributed by atoms with van der Waals surface area (Å²) in [5.74, 6) is -1.93. The van der Waals surface area contributed by atoms with Crippen LogP contribution in [0.15, 0.2) is 0 Å². The molecule has 246 valence electrons. The van der Waals surface area contributed by atoms with Gasteiger partial charge in [0.05, 0.1) is 42.7 Å². The highest BCUT2D eigenvalue weighted by atomic mass is 16.5. The van der Waals surface area contributed by atoms with E-state index in [0.717, 1.165) is 32.1 Å². The molecule has 43 heavy (non-hydrogen) atoms. The number of carboxylic acids is 1. The molecule has 2 bridgehead atoms. The van der Waals surface area contributed by atoms with E-state index >= 15 is 0 Å². The van der Waals surface area contributed by atoms with Crippen molar-refractivity contribution in [1.82, 2.24) is 20.0 Å². The van der Waals surface area contributed by atoms with Crippen LogP contribution >= 0.6 is 0 Å². The first-order valence-corrected chi connectivity index (χ1v) is 16.2. The van der Waals surface area contributed by atoms with Crippen LogP contribution in [0.25, 0.3) is 0 Å². The first-order chi connectivity index (χ1) is 20.3. The van der Waals surface area contributed by atoms with Crippen molar-refractivity contribution in [2.24, 2.45) is 23.7 Å². The molecular formula is C32H56N4O7. The number of hydrogen-bond donors (Lipinski definition) is 2. The fourth-order valence-electron chi connectivity index (χ4n) is 7.88. The molecule has 2 N–H and O–H groups in total. The first-order valence-electron chi connectivity index (χ1n) is 16.2. The van der Waals surface area contributed by atoms with Gasteiger partial charge in [0.25, 0.3) is 0 Å². The smallest absolute Gasteiger partial charge is 0.308 e. The lowest BCUT2D eigenvalue weighted by Crippen LogP contribution is -2.60. The quantitative estimate of drug-likeness (QED) is 0.290. The Morgan fingerprint density at radius 2 is 1.72 bits per heavy atom. The van der Waals surface area contributed by atoms with Gasteiger partial charge in [-0.1, -0.05) is 34.1 Å². The minimum absolute atomic E-state index is 0.0139. The minimum Gasteiger partial charge on any atom is -0.481 e. The molecule has 3 rings (SSSR count). The summed E-state index contributed by atoms with van der Waals surface area (Å²) < 4.78 is 11.5. The molecule has 0 aromatic heterocycles. The number of carbonyl (C=O) groups excluding carboxylic acids is 3. The molecule has 0 aromatic rings. The van der Waals surface area contributed by atoms with Gasteiger partial charge >= 0.3 is 5.97 Å². The fourth-order valence-corrected chi connectivity index (χ4v) is 7.88. The third-order valence-corrected chi connectivity index (χ3v) is 10.6. The van der Waals surface area contributed by atoms with Crippen LogP contribution < -0.4 is 5.32 Å². The monoisotopic (exact) mass is 608 g/mol. The Balaban J connectivity index is 1.77. The number of aliphatic carboxylic acids is 1. The normalized spacial score (nSPS) is 27.9. The topological polar surface area (TPSA) is 129 Å². The van der Waals surface area contributed by atoms with E-state index < -0.39 is 36.2 Å². The van der Waals surface area contributed by atoms with Gasteiger partial charge in [-0.3, -0.25) is 24.1 Å². The summed E-state index contributed by atoms with van der Waals surface area (Å²) in [5, 5.41) is 12.7. The number of nitrogens with one attached hydrogen (secondary N) is 1. The molecular weight excluding hydrogens is 552 g/mol. The van der Waals surface area contributed by atoms with E-state index in [0.29, 0.717) is 24.9 Å². The summed E-state index contributed by atoms with van der Waals surface area (Å²) in [5.41, 5.74) is 0. The summed E-state index contributed by atoms with van der Waals surface area (Å²) in [6, 6.07) is -1.22. The molecule has 2 aliphatic heterocycles. The Morgan fingerprint density at radius 1 is 1.05 bits per heavy atom. The zero-order valence-corrected chi connectivity index (χ0v) is 27.7. The van der Waals surface area contributed by atoms with Crippen molar-refractivity contribution in [2.45, 2.75) is 122 Å². The lowest BCUT2D eigenvalue weighted by Gasteiger charge is -2.41. The lowest BCUT2D eigenvalue weighted by molar-refractivity contribution is -0.152. The molecule has 3 aliphatic rings. The molecule has 2 saturated heterocycles. The van der Waals surface area contributed by atoms with Crippen LogP contribution in [0.4, 0.5) is 0 Å². The average Bonchev–Trinajstić information content (AvgIpc) is 3.72. The summed E-state index contributed by atoms with van der Waals surface area (Å²) >= 11 is 0. The molecule has 3 amide bonds. The van der Waals surface area contributed by atoms with Gasteiger partial charge in [-0.2, -0.15) is 0 Å². The Bertz CT molecular complexity index is 991. The predicted octanol–water partition coefficient (Wildman–Crippen LogP) is 2.61. The molecule has 2 heterocycles. The Hall–Kier alpha value is -2.24. The second-order valence-corrected chi connectivity index (χ2v) is 13.5. The molecule has 3 unspecified atom stereocenters. The average molecular weight is 609 g/mol. The number of piperidine rings is 1. The van der Waals surface area contributed by atoms with E-state index in [1.165, 1.54) is 7.11 Å². The van der Waals surface area contributed by atoms with Crippen molar-refractivity contribution in [3.63, 3.8) is 0 Å². The highest BCUT2D eigenvalue weighted by Crippen LogP contribution is 2.41. The predicted molar refractivity (Wildman–Crippen MR) is 163 cm³/mol. The molecule has 11 nitrogen and oxygen atoms in total. The zero-order chi connectivity index (χ0) is 32.2. The third-order valence-electron chi connectivity index (χ3n) is 10.6. The van der Waals surface area contributed by atoms with Crippen LogP contribution in [0.3, 0.4) is 0 Å². The van der Waals surface area contributed by atoms with E-state index in [2.05, 4.69) is 10.2 Å². The number of likely N-dealkylation sites (N-methyl/N-ethyl adjacent to an activating group) is 2. The van der Waals surface area contributed by atoms with Crippen molar-refractivity contribution in [3.05, 3.63) is 0 Å². The van der Waals surface area contributed by atoms with E-state index in [-0.39, 0.29) is 48.1 Å². The molecule has 0 spiro atoms. The Kier molecular flexibility index (Phi) is 12.4. The van der Waals surface area contributed by atoms with Crippen molar-refractivity contribution >= 4 is 23.7 Å². The van der Waals surface area contributed by atoms with Crippen LogP contribution in [0.5, 0.6) is 0 Å². The number of likely N-dealkylation sites (tertiary alicyclic amines) is 2. The van der Waals surface area contributed by atoms with Gasteiger partial charge in [0.1, 0.15) is 6.04 Å². The SMILES string of the molecule is CC[C@H](C)[C@@H]([C@@H](CC(=O)N1CCC[C@H]1[C@H](OC)[C@@H](C)C(=O)O)OC)N(C)C(=O)[C@@H](NC(=O)C1C2CCC(C2)N1C)C(C)C. The largest absolute Gasteiger partial charge is 0.481 e. The number of nitrogens with zero attached hydrogens (tertiary/aromatic N) is 3. The maximum atomic E-state index is 14.1. The third kappa shape index (κ3) is 7.53. The van der Waals surface area contributed by atoms with Gasteiger partial charge in [0.2, 0.25) is 17.7 Å². The second kappa shape index (κ2) is 15.2. The maximum Gasteiger partial charge on any atom is 0.308 e. The first kappa shape index (κ1) is 35.2. The van der Waals surface area contributed by atoms with E-state index in [1.807, 2.05) is 34.7 Å². The number of methoxy groups -OCH3 is 2. The van der Waals surface area contributed by atoms with E-state index in [4.69, 9.17) is 9.47 Å². The lowest BCUT2D eigenvalue weighted by atomic mass is 9.89. The standard InChI is InChI=1S/C32H56N4O7/c1-10-19(4)27(24(42-8)17-25(37)36-15-11-12-23(36)29(43-9)20(5)32(40)41)35(7)31(39)26(18(2)3)33-30(38)28-21-13-14-22(16-21)34(28)6/h18-24,26-29H,10-17H2,1-9H3,(H,33,38)(H,40,41)/t19-,20+,21?,22?,23-,24+,26-,27-,28?,29+/m0/s1. The number of ether oxygens (including phenoxy) is 2. The molecule has 1 aliphatic carbocycles. The number of carboxylic acid groups (broad SMARTS) is 1. The molecule has 11 heteroatoms. The summed E-state index contributed by atoms with van der Waals surface area (Å²) in [4.78, 5) is 58.6. The van der Waals surface area contributed by atoms with Crippen molar-refractivity contribution in [3.8, 4) is 0 Å². The highest BCUT2D eigenvalue weighted by molar-refractivity contribution is 5.90. The van der Waals surface area contributed by atoms with Gasteiger partial charge in [-0.05, 0) is 63.8 Å². The number of hydrogen-bond acceptors (Lipinski definition) is 7. The highest BCUT2D eigenvalue weighted by Gasteiger charge is 2.48. The van der Waals surface area contributed by atoms with Crippen LogP contribution in [-0.4, -0.2) is 121 Å². The fraction of sp³-hybridized carbons (Fsp3) is 0.875. The van der Waals surface area contributed by atoms with Crippen molar-refractivity contribution in [2.75, 3.05) is 34.9 Å². The van der Waals surface area contributed by atoms with Crippen LogP contribution in [-0.2, 0) is 28.7 Å². The zero-order valence-electron chi connectivity index (χ0n) is 27.7. The van der Waals surface area contributed by atoms with E-state index in [1.54, 1.807) is 30.9 Å². The molecule has 10 atom stereocenters. The summed E-state index contributed by atoms with van der Waals surface area (Å²) in [6.45, 7) is 10.1. The van der Waals surface area contributed by atoms with Crippen molar-refractivity contribution in [1.29, 1.82) is 0 Å². The Morgan fingerprint density at radius 3 is 2.23 bits per heavy atom. The number of amides is 3. The van der Waals surface area contributed by atoms with Gasteiger partial charge in [0.15, 0.2) is 0 Å². The number of carbonyl (C=O) groups is 4. The number of rotatable bonds is 15. The van der Waals surface area contributed by atoms with Crippen LogP contribution in [0.1, 0.15) is 79.6 Å². The van der Waals surface area contributed by atoms with Gasteiger partial charge in [-0.25, -0.2) is 0 Å². The Labute approximate surface area is 258 Å². The second-order valence-electron chi connectivity index (χ2n) is 13.5. The molecule has 3 fully saturated rings. The van der Waals surface area contributed by atoms with Gasteiger partial charge in [-0.15, -0.1) is 0 Å². The van der Waals surface area contributed by atoms with Crippen LogP contribution in [0.2, 0.25) is 0 Å². The van der Waals surface area contributed by atoms with Crippen LogP contribution in [0, 0.1) is 23.7 Å². The van der Waals surface area contributed by atoms with Crippen molar-refractivity contribution < 1.29 is 33.8 Å². The molecule has 0 radical (unpaired) electrons. The molecule has 1 saturated carbocycles. The van der Waals surface area contributed by atoms with Gasteiger partial charge in [0, 0.05) is 33.9 Å². The molecule has 0 aromatic carbocycles. The summed E-state index contributed by atoms with van der Waals surface area (Å²) in [7, 11) is 6.80. The number of fused-ring (bicyclic) bond motifs is 2. The van der Waals surface area contributed by atoms with Gasteiger partial charge < -0.3 is 29.7 Å². The van der Waals surface area contributed by atoms with E-state index in [9.17, 15) is 24.3 Å². The maximum absolute atomic E-state index is 14.1.